The number of aromatic nitrogens is 1. The van der Waals surface area contributed by atoms with Crippen molar-refractivity contribution in [3.8, 4) is 0 Å². The van der Waals surface area contributed by atoms with Crippen LogP contribution in [0.25, 0.3) is 10.9 Å². The maximum absolute atomic E-state index is 13.4. The van der Waals surface area contributed by atoms with Crippen molar-refractivity contribution in [2.45, 2.75) is 31.0 Å². The van der Waals surface area contributed by atoms with Crippen LogP contribution in [-0.4, -0.2) is 76.6 Å². The molecule has 1 aromatic carbocycles. The van der Waals surface area contributed by atoms with Crippen molar-refractivity contribution in [3.05, 3.63) is 35.8 Å². The van der Waals surface area contributed by atoms with Crippen molar-refractivity contribution < 1.29 is 19.1 Å². The quantitative estimate of drug-likeness (QED) is 0.738. The average Bonchev–Trinajstić information content (AvgIpc) is 3.23. The predicted molar refractivity (Wildman–Crippen MR) is 97.7 cm³/mol. The lowest BCUT2D eigenvalue weighted by Gasteiger charge is -2.35. The number of nitrogens with one attached hydrogen (secondary N) is 2. The van der Waals surface area contributed by atoms with E-state index in [4.69, 9.17) is 0 Å². The van der Waals surface area contributed by atoms with Crippen molar-refractivity contribution in [2.24, 2.45) is 0 Å². The van der Waals surface area contributed by atoms with Crippen LogP contribution in [0.1, 0.15) is 23.3 Å². The summed E-state index contributed by atoms with van der Waals surface area (Å²) in [6.45, 7) is 1.55. The highest BCUT2D eigenvalue weighted by molar-refractivity contribution is 5.98. The Morgan fingerprint density at radius 2 is 2.15 bits per heavy atom. The van der Waals surface area contributed by atoms with Gasteiger partial charge >= 0.3 is 0 Å². The molecular formula is C19H23FN4O3. The molecule has 1 aromatic heterocycles. The molecule has 8 heteroatoms. The summed E-state index contributed by atoms with van der Waals surface area (Å²) in [5, 5.41) is 14.3. The summed E-state index contributed by atoms with van der Waals surface area (Å²) in [6, 6.07) is 5.58. The van der Waals surface area contributed by atoms with Gasteiger partial charge in [0.15, 0.2) is 0 Å². The zero-order valence-corrected chi connectivity index (χ0v) is 15.1. The fraction of sp³-hybridized carbons (Fsp3) is 0.474. The van der Waals surface area contributed by atoms with Gasteiger partial charge < -0.3 is 20.3 Å². The monoisotopic (exact) mass is 374 g/mol. The summed E-state index contributed by atoms with van der Waals surface area (Å²) >= 11 is 0. The van der Waals surface area contributed by atoms with Crippen LogP contribution in [0.3, 0.4) is 0 Å². The van der Waals surface area contributed by atoms with E-state index < -0.39 is 6.10 Å². The molecule has 3 N–H and O–H groups in total. The molecule has 2 heterocycles. The Morgan fingerprint density at radius 3 is 2.93 bits per heavy atom. The third-order valence-electron chi connectivity index (χ3n) is 5.72. The van der Waals surface area contributed by atoms with E-state index in [2.05, 4.69) is 10.3 Å². The molecule has 1 saturated carbocycles. The first-order valence-corrected chi connectivity index (χ1v) is 9.18. The standard InChI is InChI=1S/C19H23FN4O3/c1-23(19(27)14-8-11-2-3-12(20)9-13(11)22-14)15-4-5-16(18(15)26)24-7-6-21-17(25)10-24/h2-3,8-9,15-16,18,22,26H,4-7,10H2,1H3,(H,21,25)/t15-,16-,18-/m1/s1. The van der Waals surface area contributed by atoms with E-state index in [-0.39, 0.29) is 36.3 Å². The molecule has 0 unspecified atom stereocenters. The topological polar surface area (TPSA) is 88.7 Å². The van der Waals surface area contributed by atoms with Crippen molar-refractivity contribution in [2.75, 3.05) is 26.7 Å². The SMILES string of the molecule is CN(C(=O)c1cc2ccc(F)cc2[nH]1)[C@@H]1CC[C@@H](N2CCNC(=O)C2)[C@@H]1O. The first-order chi connectivity index (χ1) is 12.9. The van der Waals surface area contributed by atoms with Crippen LogP contribution in [0, 0.1) is 5.82 Å². The maximum atomic E-state index is 13.4. The van der Waals surface area contributed by atoms with Crippen molar-refractivity contribution >= 4 is 22.7 Å². The van der Waals surface area contributed by atoms with E-state index >= 15 is 0 Å². The number of H-pyrrole nitrogens is 1. The lowest BCUT2D eigenvalue weighted by atomic mass is 10.1. The molecule has 2 aliphatic rings. The van der Waals surface area contributed by atoms with Gasteiger partial charge in [0.1, 0.15) is 11.5 Å². The zero-order valence-electron chi connectivity index (χ0n) is 15.1. The summed E-state index contributed by atoms with van der Waals surface area (Å²) in [5.41, 5.74) is 0.932. The molecule has 4 rings (SSSR count). The molecule has 0 spiro atoms. The van der Waals surface area contributed by atoms with Gasteiger partial charge in [0.05, 0.1) is 18.7 Å². The van der Waals surface area contributed by atoms with E-state index in [9.17, 15) is 19.1 Å². The second-order valence-corrected chi connectivity index (χ2v) is 7.35. The summed E-state index contributed by atoms with van der Waals surface area (Å²) in [7, 11) is 1.67. The first-order valence-electron chi connectivity index (χ1n) is 9.18. The number of halogens is 1. The number of aromatic amines is 1. The van der Waals surface area contributed by atoms with Gasteiger partial charge in [-0.15, -0.1) is 0 Å². The number of hydrogen-bond donors (Lipinski definition) is 3. The highest BCUT2D eigenvalue weighted by Gasteiger charge is 2.42. The molecule has 0 bridgehead atoms. The fourth-order valence-electron chi connectivity index (χ4n) is 4.26. The predicted octanol–water partition coefficient (Wildman–Crippen LogP) is 0.703. The number of carbonyl (C=O) groups is 2. The van der Waals surface area contributed by atoms with Gasteiger partial charge in [-0.1, -0.05) is 0 Å². The van der Waals surface area contributed by atoms with Crippen LogP contribution in [-0.2, 0) is 4.79 Å². The average molecular weight is 374 g/mol. The number of fused-ring (bicyclic) bond motifs is 1. The second kappa shape index (κ2) is 6.94. The Balaban J connectivity index is 1.49. The summed E-state index contributed by atoms with van der Waals surface area (Å²) in [4.78, 5) is 31.0. The molecule has 2 amide bonds. The highest BCUT2D eigenvalue weighted by atomic mass is 19.1. The number of likely N-dealkylation sites (N-methyl/N-ethyl adjacent to an activating group) is 1. The molecule has 3 atom stereocenters. The third-order valence-corrected chi connectivity index (χ3v) is 5.72. The number of amides is 2. The van der Waals surface area contributed by atoms with Crippen LogP contribution in [0.5, 0.6) is 0 Å². The van der Waals surface area contributed by atoms with E-state index in [0.29, 0.717) is 30.7 Å². The van der Waals surface area contributed by atoms with E-state index in [0.717, 1.165) is 11.8 Å². The summed E-state index contributed by atoms with van der Waals surface area (Å²) in [5.74, 6) is -0.643. The Labute approximate surface area is 156 Å². The lowest BCUT2D eigenvalue weighted by molar-refractivity contribution is -0.125. The number of aliphatic hydroxyl groups excluding tert-OH is 1. The normalized spacial score (nSPS) is 26.3. The molecule has 2 fully saturated rings. The number of aliphatic hydroxyl groups is 1. The van der Waals surface area contributed by atoms with Crippen molar-refractivity contribution in [1.82, 2.24) is 20.1 Å². The third kappa shape index (κ3) is 3.30. The van der Waals surface area contributed by atoms with Crippen LogP contribution >= 0.6 is 0 Å². The second-order valence-electron chi connectivity index (χ2n) is 7.35. The van der Waals surface area contributed by atoms with E-state index in [1.807, 2.05) is 4.90 Å². The van der Waals surface area contributed by atoms with E-state index in [1.54, 1.807) is 24.1 Å². The molecule has 27 heavy (non-hydrogen) atoms. The molecule has 1 aliphatic carbocycles. The molecular weight excluding hydrogens is 351 g/mol. The van der Waals surface area contributed by atoms with E-state index in [1.165, 1.54) is 12.1 Å². The van der Waals surface area contributed by atoms with Gasteiger partial charge in [0.25, 0.3) is 5.91 Å². The molecule has 144 valence electrons. The minimum atomic E-state index is -0.716. The Hall–Kier alpha value is -2.45. The van der Waals surface area contributed by atoms with Crippen LogP contribution in [0.15, 0.2) is 24.3 Å². The smallest absolute Gasteiger partial charge is 0.270 e. The Morgan fingerprint density at radius 1 is 1.33 bits per heavy atom. The molecule has 7 nitrogen and oxygen atoms in total. The number of carbonyl (C=O) groups excluding carboxylic acids is 2. The van der Waals surface area contributed by atoms with Gasteiger partial charge in [0, 0.05) is 37.1 Å². The van der Waals surface area contributed by atoms with Crippen molar-refractivity contribution in [1.29, 1.82) is 0 Å². The van der Waals surface area contributed by atoms with Crippen LogP contribution in [0.4, 0.5) is 4.39 Å². The van der Waals surface area contributed by atoms with Gasteiger partial charge in [-0.2, -0.15) is 0 Å². The van der Waals surface area contributed by atoms with Gasteiger partial charge in [-0.25, -0.2) is 4.39 Å². The lowest BCUT2D eigenvalue weighted by Crippen LogP contribution is -2.55. The van der Waals surface area contributed by atoms with Crippen LogP contribution < -0.4 is 5.32 Å². The van der Waals surface area contributed by atoms with Crippen molar-refractivity contribution in [3.63, 3.8) is 0 Å². The number of piperazine rings is 1. The fourth-order valence-corrected chi connectivity index (χ4v) is 4.26. The first kappa shape index (κ1) is 17.9. The molecule has 2 aromatic rings. The summed E-state index contributed by atoms with van der Waals surface area (Å²) in [6.07, 6.45) is 0.682. The van der Waals surface area contributed by atoms with Gasteiger partial charge in [-0.05, 0) is 37.1 Å². The van der Waals surface area contributed by atoms with Gasteiger partial charge in [-0.3, -0.25) is 14.5 Å². The minimum absolute atomic E-state index is 0.0355. The van der Waals surface area contributed by atoms with Crippen LogP contribution in [0.2, 0.25) is 0 Å². The summed E-state index contributed by atoms with van der Waals surface area (Å²) < 4.78 is 13.4. The zero-order chi connectivity index (χ0) is 19.1. The Kier molecular flexibility index (Phi) is 4.61. The molecule has 1 saturated heterocycles. The number of hydrogen-bond acceptors (Lipinski definition) is 4. The number of rotatable bonds is 3. The highest BCUT2D eigenvalue weighted by Crippen LogP contribution is 2.29. The number of benzene rings is 1. The Bertz CT molecular complexity index is 883. The molecule has 0 radical (unpaired) electrons. The maximum Gasteiger partial charge on any atom is 0.270 e. The van der Waals surface area contributed by atoms with Gasteiger partial charge in [0.2, 0.25) is 5.91 Å². The largest absolute Gasteiger partial charge is 0.389 e. The number of nitrogens with zero attached hydrogens (tertiary/aromatic N) is 2. The minimum Gasteiger partial charge on any atom is -0.389 e. The molecule has 1 aliphatic heterocycles.